The van der Waals surface area contributed by atoms with Gasteiger partial charge in [-0.2, -0.15) is 0 Å². The molecule has 0 rings (SSSR count). The van der Waals surface area contributed by atoms with E-state index in [4.69, 9.17) is 4.74 Å². The Bertz CT molecular complexity index is 51.6. The molecule has 0 aromatic rings. The summed E-state index contributed by atoms with van der Waals surface area (Å²) in [5.74, 6) is 0. The van der Waals surface area contributed by atoms with E-state index in [2.05, 4.69) is 0 Å². The van der Waals surface area contributed by atoms with E-state index >= 15 is 0 Å². The van der Waals surface area contributed by atoms with Gasteiger partial charge in [0.25, 0.3) is 0 Å². The molecule has 0 N–H and O–H groups in total. The first-order valence-corrected chi connectivity index (χ1v) is 3.70. The molecule has 0 fully saturated rings. The van der Waals surface area contributed by atoms with Gasteiger partial charge in [0.05, 0.1) is 0 Å². The Hall–Kier alpha value is 0.517. The van der Waals surface area contributed by atoms with E-state index in [1.54, 1.807) is 20.8 Å². The van der Waals surface area contributed by atoms with Crippen LogP contribution in [-0.2, 0) is 4.74 Å². The van der Waals surface area contributed by atoms with Gasteiger partial charge in [0.1, 0.15) is 0 Å². The van der Waals surface area contributed by atoms with Crippen LogP contribution in [0.15, 0.2) is 0 Å². The molecule has 0 aliphatic heterocycles. The molecule has 0 atom stereocenters. The fourth-order valence-electron chi connectivity index (χ4n) is 0.204. The van der Waals surface area contributed by atoms with Gasteiger partial charge < -0.3 is 9.84 Å². The monoisotopic (exact) mass is 154 g/mol. The fraction of sp³-hybridized carbons (Fsp3) is 1.00. The molecule has 0 aromatic carbocycles. The average Bonchev–Trinajstić information content (AvgIpc) is 1.63. The van der Waals surface area contributed by atoms with Crippen LogP contribution in [0.1, 0.15) is 34.6 Å². The molecular formula is C8H19LiO2. The topological polar surface area (TPSA) is 32.3 Å². The summed E-state index contributed by atoms with van der Waals surface area (Å²) in [5, 5.41) is 10.1. The summed E-state index contributed by atoms with van der Waals surface area (Å²) in [4.78, 5) is 0. The average molecular weight is 154 g/mol. The standard InChI is InChI=1S/C4H9O.C4H10O.Li/c1-4(2,3)5;1-3-5-4-2;/h1-3H3;3-4H2,1-2H3;/q-1;;+1. The molecule has 11 heavy (non-hydrogen) atoms. The van der Waals surface area contributed by atoms with Crippen LogP contribution in [0.5, 0.6) is 0 Å². The number of hydrogen-bond donors (Lipinski definition) is 0. The Labute approximate surface area is 82.5 Å². The van der Waals surface area contributed by atoms with Gasteiger partial charge in [-0.15, -0.1) is 5.60 Å². The predicted octanol–water partition coefficient (Wildman–Crippen LogP) is -1.81. The Morgan fingerprint density at radius 3 is 1.27 bits per heavy atom. The molecule has 0 aliphatic carbocycles. The minimum atomic E-state index is -0.750. The molecule has 0 heterocycles. The van der Waals surface area contributed by atoms with E-state index < -0.39 is 5.60 Å². The quantitative estimate of drug-likeness (QED) is 0.439. The van der Waals surface area contributed by atoms with Gasteiger partial charge in [-0.1, -0.05) is 20.8 Å². The minimum absolute atomic E-state index is 0. The van der Waals surface area contributed by atoms with Crippen LogP contribution in [0.3, 0.4) is 0 Å². The van der Waals surface area contributed by atoms with Crippen molar-refractivity contribution in [2.75, 3.05) is 13.2 Å². The molecule has 0 saturated heterocycles. The maximum absolute atomic E-state index is 10.1. The summed E-state index contributed by atoms with van der Waals surface area (Å²) in [7, 11) is 0. The molecule has 2 nitrogen and oxygen atoms in total. The third-order valence-electron chi connectivity index (χ3n) is 0.408. The van der Waals surface area contributed by atoms with Gasteiger partial charge >= 0.3 is 18.9 Å². The van der Waals surface area contributed by atoms with Crippen LogP contribution in [0.4, 0.5) is 0 Å². The molecule has 0 aromatic heterocycles. The van der Waals surface area contributed by atoms with E-state index in [1.807, 2.05) is 13.8 Å². The minimum Gasteiger partial charge on any atom is -0.850 e. The Kier molecular flexibility index (Phi) is 16.8. The Balaban J connectivity index is -0.000000107. The second-order valence-electron chi connectivity index (χ2n) is 2.89. The maximum Gasteiger partial charge on any atom is 1.00 e. The summed E-state index contributed by atoms with van der Waals surface area (Å²) in [6.07, 6.45) is 0. The molecule has 0 unspecified atom stereocenters. The molecule has 0 radical (unpaired) electrons. The van der Waals surface area contributed by atoms with Gasteiger partial charge in [-0.25, -0.2) is 0 Å². The molecule has 0 spiro atoms. The van der Waals surface area contributed by atoms with Crippen molar-refractivity contribution in [2.24, 2.45) is 0 Å². The molecule has 0 saturated carbocycles. The number of rotatable bonds is 2. The van der Waals surface area contributed by atoms with Crippen molar-refractivity contribution < 1.29 is 28.7 Å². The predicted molar refractivity (Wildman–Crippen MR) is 41.9 cm³/mol. The van der Waals surface area contributed by atoms with Crippen molar-refractivity contribution in [3.63, 3.8) is 0 Å². The third-order valence-corrected chi connectivity index (χ3v) is 0.408. The van der Waals surface area contributed by atoms with Crippen molar-refractivity contribution in [3.8, 4) is 0 Å². The second kappa shape index (κ2) is 10.5. The first-order valence-electron chi connectivity index (χ1n) is 3.70. The summed E-state index contributed by atoms with van der Waals surface area (Å²) in [6, 6.07) is 0. The summed E-state index contributed by atoms with van der Waals surface area (Å²) < 4.78 is 4.83. The van der Waals surface area contributed by atoms with Gasteiger partial charge in [0.2, 0.25) is 0 Å². The second-order valence-corrected chi connectivity index (χ2v) is 2.89. The van der Waals surface area contributed by atoms with E-state index in [9.17, 15) is 5.11 Å². The van der Waals surface area contributed by atoms with E-state index in [0.717, 1.165) is 13.2 Å². The van der Waals surface area contributed by atoms with Crippen molar-refractivity contribution in [2.45, 2.75) is 40.2 Å². The zero-order chi connectivity index (χ0) is 8.62. The van der Waals surface area contributed by atoms with Crippen molar-refractivity contribution in [1.29, 1.82) is 0 Å². The van der Waals surface area contributed by atoms with Crippen LogP contribution in [0.25, 0.3) is 0 Å². The summed E-state index contributed by atoms with van der Waals surface area (Å²) in [6.45, 7) is 10.6. The first kappa shape index (κ1) is 17.6. The van der Waals surface area contributed by atoms with Crippen LogP contribution in [-0.4, -0.2) is 18.8 Å². The largest absolute Gasteiger partial charge is 1.00 e. The van der Waals surface area contributed by atoms with Gasteiger partial charge in [0.15, 0.2) is 0 Å². The van der Waals surface area contributed by atoms with Gasteiger partial charge in [0, 0.05) is 13.2 Å². The van der Waals surface area contributed by atoms with Crippen LogP contribution in [0.2, 0.25) is 0 Å². The Morgan fingerprint density at radius 2 is 1.27 bits per heavy atom. The normalized spacial score (nSPS) is 9.27. The first-order chi connectivity index (χ1) is 4.41. The van der Waals surface area contributed by atoms with Crippen molar-refractivity contribution >= 4 is 0 Å². The molecule has 0 bridgehead atoms. The number of ether oxygens (including phenoxy) is 1. The van der Waals surface area contributed by atoms with Crippen LogP contribution < -0.4 is 24.0 Å². The van der Waals surface area contributed by atoms with E-state index in [0.29, 0.717) is 0 Å². The molecule has 3 heteroatoms. The van der Waals surface area contributed by atoms with E-state index in [-0.39, 0.29) is 18.9 Å². The SMILES string of the molecule is CC(C)(C)[O-].CCOCC.[Li+]. The van der Waals surface area contributed by atoms with Gasteiger partial charge in [-0.05, 0) is 13.8 Å². The Morgan fingerprint density at radius 1 is 1.09 bits per heavy atom. The van der Waals surface area contributed by atoms with Gasteiger partial charge in [-0.3, -0.25) is 0 Å². The summed E-state index contributed by atoms with van der Waals surface area (Å²) >= 11 is 0. The maximum atomic E-state index is 10.1. The molecule has 64 valence electrons. The van der Waals surface area contributed by atoms with Crippen LogP contribution >= 0.6 is 0 Å². The zero-order valence-electron chi connectivity index (χ0n) is 8.73. The van der Waals surface area contributed by atoms with Crippen LogP contribution in [0, 0.1) is 0 Å². The van der Waals surface area contributed by atoms with Crippen molar-refractivity contribution in [1.82, 2.24) is 0 Å². The number of hydrogen-bond acceptors (Lipinski definition) is 2. The van der Waals surface area contributed by atoms with E-state index in [1.165, 1.54) is 0 Å². The fourth-order valence-corrected chi connectivity index (χ4v) is 0.204. The smallest absolute Gasteiger partial charge is 0.850 e. The zero-order valence-corrected chi connectivity index (χ0v) is 8.73. The summed E-state index contributed by atoms with van der Waals surface area (Å²) in [5.41, 5.74) is -0.750. The third kappa shape index (κ3) is 120. The molecule has 0 amide bonds. The molecule has 0 aliphatic rings. The molecular weight excluding hydrogens is 135 g/mol. The van der Waals surface area contributed by atoms with Crippen molar-refractivity contribution in [3.05, 3.63) is 0 Å².